The highest BCUT2D eigenvalue weighted by Gasteiger charge is 2.18. The van der Waals surface area contributed by atoms with Crippen molar-refractivity contribution in [1.82, 2.24) is 0 Å². The molecule has 0 aliphatic rings. The van der Waals surface area contributed by atoms with Crippen LogP contribution >= 0.6 is 0 Å². The minimum absolute atomic E-state index is 0.0502. The van der Waals surface area contributed by atoms with Crippen LogP contribution in [0.3, 0.4) is 0 Å². The summed E-state index contributed by atoms with van der Waals surface area (Å²) in [6, 6.07) is 18.9. The van der Waals surface area contributed by atoms with E-state index in [9.17, 15) is 0 Å². The van der Waals surface area contributed by atoms with Crippen LogP contribution in [-0.4, -0.2) is 12.6 Å². The van der Waals surface area contributed by atoms with Crippen molar-refractivity contribution in [3.8, 4) is 0 Å². The second kappa shape index (κ2) is 6.50. The molecule has 2 atom stereocenters. The third-order valence-corrected chi connectivity index (χ3v) is 3.56. The molecule has 2 unspecified atom stereocenters. The van der Waals surface area contributed by atoms with Gasteiger partial charge in [0, 0.05) is 18.5 Å². The van der Waals surface area contributed by atoms with Crippen LogP contribution in [-0.2, 0) is 6.42 Å². The van der Waals surface area contributed by atoms with E-state index in [4.69, 9.17) is 11.5 Å². The van der Waals surface area contributed by atoms with Crippen molar-refractivity contribution >= 4 is 0 Å². The third kappa shape index (κ3) is 3.66. The van der Waals surface area contributed by atoms with Crippen LogP contribution in [0.25, 0.3) is 0 Å². The van der Waals surface area contributed by atoms with Gasteiger partial charge < -0.3 is 11.5 Å². The molecule has 2 rings (SSSR count). The molecule has 0 fully saturated rings. The molecule has 0 spiro atoms. The summed E-state index contributed by atoms with van der Waals surface area (Å²) in [5.41, 5.74) is 16.1. The van der Waals surface area contributed by atoms with Gasteiger partial charge >= 0.3 is 0 Å². The molecule has 100 valence electrons. The molecule has 0 bridgehead atoms. The highest BCUT2D eigenvalue weighted by molar-refractivity contribution is 5.28. The zero-order chi connectivity index (χ0) is 13.7. The third-order valence-electron chi connectivity index (χ3n) is 3.56. The van der Waals surface area contributed by atoms with E-state index in [1.807, 2.05) is 18.2 Å². The van der Waals surface area contributed by atoms with Gasteiger partial charge in [0.15, 0.2) is 0 Å². The largest absolute Gasteiger partial charge is 0.330 e. The molecule has 0 amide bonds. The second-order valence-corrected chi connectivity index (χ2v) is 5.11. The van der Waals surface area contributed by atoms with Gasteiger partial charge in [0.2, 0.25) is 0 Å². The summed E-state index contributed by atoms with van der Waals surface area (Å²) in [5, 5.41) is 0. The maximum atomic E-state index is 6.36. The molecule has 4 N–H and O–H groups in total. The predicted molar refractivity (Wildman–Crippen MR) is 81.1 cm³/mol. The number of hydrogen-bond acceptors (Lipinski definition) is 2. The lowest BCUT2D eigenvalue weighted by atomic mass is 9.87. The van der Waals surface area contributed by atoms with E-state index >= 15 is 0 Å². The molecular formula is C17H22N2. The molecular weight excluding hydrogens is 232 g/mol. The van der Waals surface area contributed by atoms with Gasteiger partial charge in [-0.2, -0.15) is 0 Å². The summed E-state index contributed by atoms with van der Waals surface area (Å²) in [7, 11) is 0. The first-order valence-electron chi connectivity index (χ1n) is 6.77. The summed E-state index contributed by atoms with van der Waals surface area (Å²) in [4.78, 5) is 0. The topological polar surface area (TPSA) is 52.0 Å². The van der Waals surface area contributed by atoms with Gasteiger partial charge in [0.1, 0.15) is 0 Å². The van der Waals surface area contributed by atoms with Gasteiger partial charge in [-0.05, 0) is 24.5 Å². The number of rotatable bonds is 5. The average Bonchev–Trinajstić information content (AvgIpc) is 2.41. The summed E-state index contributed by atoms with van der Waals surface area (Å²) in [6.07, 6.45) is 0.858. The Hall–Kier alpha value is -1.64. The van der Waals surface area contributed by atoms with Gasteiger partial charge in [0.25, 0.3) is 0 Å². The van der Waals surface area contributed by atoms with Gasteiger partial charge in [0.05, 0.1) is 0 Å². The Labute approximate surface area is 115 Å². The Morgan fingerprint density at radius 2 is 1.74 bits per heavy atom. The first kappa shape index (κ1) is 13.8. The smallest absolute Gasteiger partial charge is 0.0161 e. The van der Waals surface area contributed by atoms with E-state index in [1.54, 1.807) is 0 Å². The Balaban J connectivity index is 2.13. The molecule has 0 saturated carbocycles. The maximum Gasteiger partial charge on any atom is 0.0161 e. The van der Waals surface area contributed by atoms with Gasteiger partial charge in [-0.1, -0.05) is 60.2 Å². The molecule has 2 aromatic carbocycles. The van der Waals surface area contributed by atoms with Crippen molar-refractivity contribution in [2.45, 2.75) is 25.3 Å². The van der Waals surface area contributed by atoms with Crippen LogP contribution in [0.2, 0.25) is 0 Å². The normalized spacial score (nSPS) is 14.1. The van der Waals surface area contributed by atoms with Crippen molar-refractivity contribution in [3.05, 3.63) is 71.3 Å². The molecule has 0 saturated heterocycles. The molecule has 0 aromatic heterocycles. The second-order valence-electron chi connectivity index (χ2n) is 5.11. The van der Waals surface area contributed by atoms with Crippen LogP contribution in [0, 0.1) is 6.92 Å². The lowest BCUT2D eigenvalue weighted by Gasteiger charge is -2.23. The minimum Gasteiger partial charge on any atom is -0.330 e. The minimum atomic E-state index is 0.0502. The summed E-state index contributed by atoms with van der Waals surface area (Å²) in [6.45, 7) is 2.68. The Bertz CT molecular complexity index is 508. The monoisotopic (exact) mass is 254 g/mol. The standard InChI is InChI=1S/C17H22N2/c1-13-6-5-9-15(10-13)16(12-18)17(19)11-14-7-3-2-4-8-14/h2-10,16-17H,11-12,18-19H2,1H3. The van der Waals surface area contributed by atoms with Crippen molar-refractivity contribution in [3.63, 3.8) is 0 Å². The van der Waals surface area contributed by atoms with Crippen molar-refractivity contribution in [2.24, 2.45) is 11.5 Å². The highest BCUT2D eigenvalue weighted by atomic mass is 14.7. The van der Waals surface area contributed by atoms with Crippen LogP contribution in [0.15, 0.2) is 54.6 Å². The number of aryl methyl sites for hydroxylation is 1. The Morgan fingerprint density at radius 1 is 1.00 bits per heavy atom. The van der Waals surface area contributed by atoms with E-state index in [-0.39, 0.29) is 12.0 Å². The SMILES string of the molecule is Cc1cccc(C(CN)C(N)Cc2ccccc2)c1. The van der Waals surface area contributed by atoms with E-state index in [0.29, 0.717) is 6.54 Å². The zero-order valence-electron chi connectivity index (χ0n) is 11.4. The fraction of sp³-hybridized carbons (Fsp3) is 0.294. The number of nitrogens with two attached hydrogens (primary N) is 2. The van der Waals surface area contributed by atoms with E-state index in [2.05, 4.69) is 43.3 Å². The zero-order valence-corrected chi connectivity index (χ0v) is 11.4. The summed E-state index contributed by atoms with van der Waals surface area (Å²) in [5.74, 6) is 0.208. The molecule has 19 heavy (non-hydrogen) atoms. The molecule has 0 aliphatic carbocycles. The molecule has 2 aromatic rings. The lowest BCUT2D eigenvalue weighted by molar-refractivity contribution is 0.535. The predicted octanol–water partition coefficient (Wildman–Crippen LogP) is 2.61. The molecule has 0 aliphatic heterocycles. The van der Waals surface area contributed by atoms with Crippen molar-refractivity contribution in [2.75, 3.05) is 6.54 Å². The number of benzene rings is 2. The number of hydrogen-bond donors (Lipinski definition) is 2. The Kier molecular flexibility index (Phi) is 4.72. The van der Waals surface area contributed by atoms with Crippen LogP contribution < -0.4 is 11.5 Å². The fourth-order valence-electron chi connectivity index (χ4n) is 2.49. The molecule has 2 nitrogen and oxygen atoms in total. The maximum absolute atomic E-state index is 6.36. The summed E-state index contributed by atoms with van der Waals surface area (Å²) >= 11 is 0. The van der Waals surface area contributed by atoms with Gasteiger partial charge in [-0.3, -0.25) is 0 Å². The van der Waals surface area contributed by atoms with Crippen molar-refractivity contribution < 1.29 is 0 Å². The Morgan fingerprint density at radius 3 is 2.37 bits per heavy atom. The van der Waals surface area contributed by atoms with Crippen LogP contribution in [0.4, 0.5) is 0 Å². The molecule has 2 heteroatoms. The van der Waals surface area contributed by atoms with Gasteiger partial charge in [-0.15, -0.1) is 0 Å². The van der Waals surface area contributed by atoms with Crippen molar-refractivity contribution in [1.29, 1.82) is 0 Å². The van der Waals surface area contributed by atoms with E-state index in [1.165, 1.54) is 16.7 Å². The van der Waals surface area contributed by atoms with Crippen LogP contribution in [0.5, 0.6) is 0 Å². The first-order valence-corrected chi connectivity index (χ1v) is 6.77. The molecule has 0 heterocycles. The van der Waals surface area contributed by atoms with Crippen LogP contribution in [0.1, 0.15) is 22.6 Å². The first-order chi connectivity index (χ1) is 9.20. The molecule has 0 radical (unpaired) electrons. The average molecular weight is 254 g/mol. The summed E-state index contributed by atoms with van der Waals surface area (Å²) < 4.78 is 0. The van der Waals surface area contributed by atoms with Gasteiger partial charge in [-0.25, -0.2) is 0 Å². The van der Waals surface area contributed by atoms with E-state index in [0.717, 1.165) is 6.42 Å². The van der Waals surface area contributed by atoms with E-state index < -0.39 is 0 Å². The quantitative estimate of drug-likeness (QED) is 0.861. The fourth-order valence-corrected chi connectivity index (χ4v) is 2.49. The lowest BCUT2D eigenvalue weighted by Crippen LogP contribution is -2.35. The highest BCUT2D eigenvalue weighted by Crippen LogP contribution is 2.21.